The Labute approximate surface area is 108 Å². The molecule has 0 fully saturated rings. The van der Waals surface area contributed by atoms with Gasteiger partial charge in [0.25, 0.3) is 5.91 Å². The maximum absolute atomic E-state index is 11.9. The molecule has 0 radical (unpaired) electrons. The molecular formula is C12H11IN2O. The van der Waals surface area contributed by atoms with Crippen LogP contribution in [0.3, 0.4) is 0 Å². The van der Waals surface area contributed by atoms with E-state index < -0.39 is 0 Å². The molecule has 2 aromatic rings. The molecule has 3 nitrogen and oxygen atoms in total. The number of aryl methyl sites for hydroxylation is 1. The Morgan fingerprint density at radius 1 is 1.31 bits per heavy atom. The number of hydrogen-bond donors (Lipinski definition) is 1. The lowest BCUT2D eigenvalue weighted by Gasteiger charge is -2.06. The molecule has 1 heterocycles. The molecule has 0 aliphatic rings. The number of carbonyl (C=O) groups excluding carboxylic acids is 1. The number of nitrogens with zero attached hydrogens (tertiary/aromatic N) is 1. The highest BCUT2D eigenvalue weighted by Gasteiger charge is 2.08. The maximum Gasteiger partial charge on any atom is 0.272 e. The van der Waals surface area contributed by atoms with Gasteiger partial charge in [-0.2, -0.15) is 0 Å². The molecule has 0 aliphatic heterocycles. The Morgan fingerprint density at radius 3 is 2.75 bits per heavy atom. The lowest BCUT2D eigenvalue weighted by Crippen LogP contribution is -2.15. The topological polar surface area (TPSA) is 34.0 Å². The number of hydrogen-bond acceptors (Lipinski definition) is 1. The largest absolute Gasteiger partial charge is 0.347 e. The molecular weight excluding hydrogens is 315 g/mol. The molecule has 0 bridgehead atoms. The Bertz CT molecular complexity index is 519. The summed E-state index contributed by atoms with van der Waals surface area (Å²) < 4.78 is 2.89. The van der Waals surface area contributed by atoms with E-state index in [1.807, 2.05) is 43.6 Å². The molecule has 0 aliphatic carbocycles. The second-order valence-electron chi connectivity index (χ2n) is 3.47. The minimum atomic E-state index is -0.0884. The van der Waals surface area contributed by atoms with Crippen LogP contribution in [0.1, 0.15) is 10.5 Å². The van der Waals surface area contributed by atoms with E-state index >= 15 is 0 Å². The van der Waals surface area contributed by atoms with Crippen LogP contribution in [0.25, 0.3) is 0 Å². The fraction of sp³-hybridized carbons (Fsp3) is 0.0833. The Balaban J connectivity index is 2.17. The normalized spacial score (nSPS) is 10.1. The van der Waals surface area contributed by atoms with Gasteiger partial charge in [-0.05, 0) is 52.9 Å². The molecule has 1 aromatic carbocycles. The maximum atomic E-state index is 11.9. The van der Waals surface area contributed by atoms with Crippen LogP contribution in [-0.2, 0) is 7.05 Å². The van der Waals surface area contributed by atoms with E-state index in [1.54, 1.807) is 10.6 Å². The lowest BCUT2D eigenvalue weighted by molar-refractivity contribution is 0.101. The Morgan fingerprint density at radius 2 is 2.12 bits per heavy atom. The van der Waals surface area contributed by atoms with E-state index in [1.165, 1.54) is 0 Å². The van der Waals surface area contributed by atoms with Gasteiger partial charge in [-0.1, -0.05) is 6.07 Å². The third-order valence-corrected chi connectivity index (χ3v) is 2.93. The molecule has 0 atom stereocenters. The van der Waals surface area contributed by atoms with Crippen molar-refractivity contribution in [3.63, 3.8) is 0 Å². The Kier molecular flexibility index (Phi) is 3.28. The van der Waals surface area contributed by atoms with Crippen molar-refractivity contribution < 1.29 is 4.79 Å². The van der Waals surface area contributed by atoms with E-state index in [0.29, 0.717) is 5.69 Å². The van der Waals surface area contributed by atoms with Crippen molar-refractivity contribution >= 4 is 34.2 Å². The van der Waals surface area contributed by atoms with Gasteiger partial charge in [-0.3, -0.25) is 4.79 Å². The molecule has 4 heteroatoms. The molecule has 0 unspecified atom stereocenters. The van der Waals surface area contributed by atoms with Gasteiger partial charge < -0.3 is 9.88 Å². The average molecular weight is 326 g/mol. The summed E-state index contributed by atoms with van der Waals surface area (Å²) in [6, 6.07) is 11.4. The number of aromatic nitrogens is 1. The number of amides is 1. The van der Waals surface area contributed by atoms with Gasteiger partial charge in [0.2, 0.25) is 0 Å². The van der Waals surface area contributed by atoms with Gasteiger partial charge in [-0.15, -0.1) is 0 Å². The van der Waals surface area contributed by atoms with Crippen molar-refractivity contribution in [2.45, 2.75) is 0 Å². The molecule has 1 aromatic heterocycles. The number of benzene rings is 1. The van der Waals surface area contributed by atoms with Crippen molar-refractivity contribution in [3.8, 4) is 0 Å². The van der Waals surface area contributed by atoms with E-state index in [9.17, 15) is 4.79 Å². The summed E-state index contributed by atoms with van der Waals surface area (Å²) in [5, 5.41) is 2.86. The summed E-state index contributed by atoms with van der Waals surface area (Å²) in [6.45, 7) is 0. The second-order valence-corrected chi connectivity index (χ2v) is 4.71. The zero-order valence-corrected chi connectivity index (χ0v) is 10.9. The number of rotatable bonds is 2. The number of nitrogens with one attached hydrogen (secondary N) is 1. The first-order valence-electron chi connectivity index (χ1n) is 4.85. The molecule has 16 heavy (non-hydrogen) atoms. The summed E-state index contributed by atoms with van der Waals surface area (Å²) >= 11 is 2.22. The highest BCUT2D eigenvalue weighted by Crippen LogP contribution is 2.13. The van der Waals surface area contributed by atoms with Crippen LogP contribution in [0.2, 0.25) is 0 Å². The molecule has 82 valence electrons. The van der Waals surface area contributed by atoms with Crippen LogP contribution in [0, 0.1) is 3.57 Å². The van der Waals surface area contributed by atoms with Crippen LogP contribution in [0.4, 0.5) is 5.69 Å². The number of anilines is 1. The summed E-state index contributed by atoms with van der Waals surface area (Å²) in [7, 11) is 1.85. The quantitative estimate of drug-likeness (QED) is 0.846. The van der Waals surface area contributed by atoms with Crippen LogP contribution >= 0.6 is 22.6 Å². The summed E-state index contributed by atoms with van der Waals surface area (Å²) in [4.78, 5) is 11.9. The third kappa shape index (κ3) is 2.44. The van der Waals surface area contributed by atoms with Crippen LogP contribution in [0.5, 0.6) is 0 Å². The van der Waals surface area contributed by atoms with E-state index in [0.717, 1.165) is 9.26 Å². The van der Waals surface area contributed by atoms with Crippen LogP contribution < -0.4 is 5.32 Å². The van der Waals surface area contributed by atoms with Gasteiger partial charge >= 0.3 is 0 Å². The SMILES string of the molecule is Cn1cccc1C(=O)Nc1cccc(I)c1. The molecule has 1 N–H and O–H groups in total. The lowest BCUT2D eigenvalue weighted by atomic mass is 10.3. The fourth-order valence-electron chi connectivity index (χ4n) is 1.46. The fourth-order valence-corrected chi connectivity index (χ4v) is 2.00. The zero-order chi connectivity index (χ0) is 11.5. The minimum Gasteiger partial charge on any atom is -0.347 e. The first kappa shape index (κ1) is 11.2. The van der Waals surface area contributed by atoms with E-state index in [2.05, 4.69) is 27.9 Å². The monoisotopic (exact) mass is 326 g/mol. The zero-order valence-electron chi connectivity index (χ0n) is 8.77. The van der Waals surface area contributed by atoms with Crippen LogP contribution in [-0.4, -0.2) is 10.5 Å². The third-order valence-electron chi connectivity index (χ3n) is 2.26. The summed E-state index contributed by atoms with van der Waals surface area (Å²) in [5.41, 5.74) is 1.47. The highest BCUT2D eigenvalue weighted by atomic mass is 127. The van der Waals surface area contributed by atoms with Crippen molar-refractivity contribution in [1.29, 1.82) is 0 Å². The second kappa shape index (κ2) is 4.69. The average Bonchev–Trinajstić information content (AvgIpc) is 2.64. The minimum absolute atomic E-state index is 0.0884. The highest BCUT2D eigenvalue weighted by molar-refractivity contribution is 14.1. The number of halogens is 1. The molecule has 0 saturated carbocycles. The smallest absolute Gasteiger partial charge is 0.272 e. The summed E-state index contributed by atoms with van der Waals surface area (Å²) in [6.07, 6.45) is 1.85. The summed E-state index contributed by atoms with van der Waals surface area (Å²) in [5.74, 6) is -0.0884. The van der Waals surface area contributed by atoms with Gasteiger partial charge in [0.15, 0.2) is 0 Å². The van der Waals surface area contributed by atoms with Crippen molar-refractivity contribution in [1.82, 2.24) is 4.57 Å². The standard InChI is InChI=1S/C12H11IN2O/c1-15-7-3-6-11(15)12(16)14-10-5-2-4-9(13)8-10/h2-8H,1H3,(H,14,16). The van der Waals surface area contributed by atoms with E-state index in [-0.39, 0.29) is 5.91 Å². The molecule has 0 spiro atoms. The van der Waals surface area contributed by atoms with Crippen molar-refractivity contribution in [2.24, 2.45) is 7.05 Å². The Hall–Kier alpha value is -1.30. The van der Waals surface area contributed by atoms with Gasteiger partial charge in [-0.25, -0.2) is 0 Å². The van der Waals surface area contributed by atoms with Crippen molar-refractivity contribution in [2.75, 3.05) is 5.32 Å². The first-order chi connectivity index (χ1) is 7.66. The first-order valence-corrected chi connectivity index (χ1v) is 5.93. The predicted octanol–water partition coefficient (Wildman–Crippen LogP) is 2.88. The number of carbonyl (C=O) groups is 1. The molecule has 2 rings (SSSR count). The van der Waals surface area contributed by atoms with Crippen molar-refractivity contribution in [3.05, 3.63) is 51.9 Å². The van der Waals surface area contributed by atoms with Gasteiger partial charge in [0, 0.05) is 22.5 Å². The van der Waals surface area contributed by atoms with E-state index in [4.69, 9.17) is 0 Å². The van der Waals surface area contributed by atoms with Gasteiger partial charge in [0.1, 0.15) is 5.69 Å². The predicted molar refractivity (Wildman–Crippen MR) is 72.5 cm³/mol. The molecule has 0 saturated heterocycles. The molecule has 1 amide bonds. The van der Waals surface area contributed by atoms with Crippen LogP contribution in [0.15, 0.2) is 42.6 Å². The van der Waals surface area contributed by atoms with Gasteiger partial charge in [0.05, 0.1) is 0 Å².